The second-order valence-corrected chi connectivity index (χ2v) is 12.1. The van der Waals surface area contributed by atoms with Crippen LogP contribution in [0.2, 0.25) is 0 Å². The topological polar surface area (TPSA) is 0 Å². The Bertz CT molecular complexity index is 723. The van der Waals surface area contributed by atoms with Crippen molar-refractivity contribution >= 4 is 23.2 Å². The lowest BCUT2D eigenvalue weighted by Crippen LogP contribution is -2.38. The quantitative estimate of drug-likeness (QED) is 0.320. The van der Waals surface area contributed by atoms with E-state index < -0.39 is 7.26 Å². The van der Waals surface area contributed by atoms with E-state index in [9.17, 15) is 0 Å². The van der Waals surface area contributed by atoms with E-state index in [0.717, 1.165) is 5.92 Å². The van der Waals surface area contributed by atoms with Crippen molar-refractivity contribution in [1.29, 1.82) is 0 Å². The van der Waals surface area contributed by atoms with E-state index in [0.29, 0.717) is 5.66 Å². The summed E-state index contributed by atoms with van der Waals surface area (Å²) in [7, 11) is -1.75. The van der Waals surface area contributed by atoms with E-state index in [-0.39, 0.29) is 0 Å². The molecule has 3 aromatic rings. The van der Waals surface area contributed by atoms with Crippen LogP contribution in [0.3, 0.4) is 0 Å². The molecule has 0 N–H and O–H groups in total. The molecule has 0 amide bonds. The summed E-state index contributed by atoms with van der Waals surface area (Å²) in [6.07, 6.45) is 6.55. The molecule has 1 atom stereocenters. The number of rotatable bonds is 10. The van der Waals surface area contributed by atoms with Crippen molar-refractivity contribution in [3.8, 4) is 0 Å². The maximum atomic E-state index is 2.53. The van der Waals surface area contributed by atoms with Crippen LogP contribution in [-0.4, -0.2) is 5.66 Å². The molecule has 0 radical (unpaired) electrons. The van der Waals surface area contributed by atoms with E-state index >= 15 is 0 Å². The first kappa shape index (κ1) is 21.8. The fourth-order valence-electron chi connectivity index (χ4n) is 5.04. The van der Waals surface area contributed by atoms with Gasteiger partial charge < -0.3 is 0 Å². The van der Waals surface area contributed by atoms with Gasteiger partial charge in [0.15, 0.2) is 0 Å². The second-order valence-electron chi connectivity index (χ2n) is 8.26. The van der Waals surface area contributed by atoms with Crippen LogP contribution in [0.4, 0.5) is 0 Å². The summed E-state index contributed by atoms with van der Waals surface area (Å²) in [6.45, 7) is 7.20. The first-order valence-electron chi connectivity index (χ1n) is 11.3. The minimum Gasteiger partial charge on any atom is -0.0654 e. The summed E-state index contributed by atoms with van der Waals surface area (Å²) in [6, 6.07) is 34.0. The summed E-state index contributed by atoms with van der Waals surface area (Å²) >= 11 is 0. The lowest BCUT2D eigenvalue weighted by Gasteiger charge is -2.34. The van der Waals surface area contributed by atoms with Crippen LogP contribution >= 0.6 is 7.26 Å². The predicted octanol–water partition coefficient (Wildman–Crippen LogP) is 6.98. The van der Waals surface area contributed by atoms with Gasteiger partial charge in [-0.2, -0.15) is 0 Å². The lowest BCUT2D eigenvalue weighted by atomic mass is 9.93. The molecular weight excluding hydrogens is 367 g/mol. The van der Waals surface area contributed by atoms with Crippen molar-refractivity contribution in [2.45, 2.75) is 58.5 Å². The Hall–Kier alpha value is -1.91. The molecule has 0 bridgehead atoms. The second kappa shape index (κ2) is 10.7. The predicted molar refractivity (Wildman–Crippen MR) is 133 cm³/mol. The molecule has 0 saturated heterocycles. The van der Waals surface area contributed by atoms with Gasteiger partial charge in [-0.15, -0.1) is 0 Å². The molecule has 0 aliphatic carbocycles. The minimum atomic E-state index is -1.75. The van der Waals surface area contributed by atoms with Crippen LogP contribution in [0.25, 0.3) is 0 Å². The third kappa shape index (κ3) is 4.81. The van der Waals surface area contributed by atoms with Gasteiger partial charge in [0.1, 0.15) is 23.2 Å². The zero-order valence-corrected chi connectivity index (χ0v) is 19.2. The third-order valence-corrected chi connectivity index (χ3v) is 11.1. The van der Waals surface area contributed by atoms with Gasteiger partial charge >= 0.3 is 0 Å². The van der Waals surface area contributed by atoms with E-state index in [1.54, 1.807) is 0 Å². The van der Waals surface area contributed by atoms with Gasteiger partial charge in [-0.1, -0.05) is 94.1 Å². The maximum absolute atomic E-state index is 2.53. The van der Waals surface area contributed by atoms with Crippen molar-refractivity contribution in [2.24, 2.45) is 5.92 Å². The Kier molecular flexibility index (Phi) is 8.08. The van der Waals surface area contributed by atoms with Crippen LogP contribution in [0, 0.1) is 5.92 Å². The monoisotopic (exact) mass is 403 g/mol. The average Bonchev–Trinajstić information content (AvgIpc) is 2.77. The van der Waals surface area contributed by atoms with Gasteiger partial charge in [-0.3, -0.25) is 0 Å². The lowest BCUT2D eigenvalue weighted by molar-refractivity contribution is 0.410. The molecule has 0 aromatic heterocycles. The molecular formula is C28H36P+. The number of hydrogen-bond acceptors (Lipinski definition) is 0. The SMILES string of the molecule is CCCC(CCC)CC(C)[P+](c1ccccc1)(c1ccccc1)c1ccccc1. The molecule has 3 rings (SSSR count). The van der Waals surface area contributed by atoms with Crippen LogP contribution in [0.15, 0.2) is 91.0 Å². The van der Waals surface area contributed by atoms with Gasteiger partial charge in [0.25, 0.3) is 0 Å². The van der Waals surface area contributed by atoms with Crippen molar-refractivity contribution in [3.63, 3.8) is 0 Å². The van der Waals surface area contributed by atoms with Crippen molar-refractivity contribution < 1.29 is 0 Å². The van der Waals surface area contributed by atoms with Gasteiger partial charge in [-0.25, -0.2) is 0 Å². The zero-order valence-electron chi connectivity index (χ0n) is 18.3. The average molecular weight is 404 g/mol. The van der Waals surface area contributed by atoms with E-state index in [4.69, 9.17) is 0 Å². The van der Waals surface area contributed by atoms with E-state index in [2.05, 4.69) is 112 Å². The van der Waals surface area contributed by atoms with Crippen molar-refractivity contribution in [1.82, 2.24) is 0 Å². The molecule has 0 spiro atoms. The van der Waals surface area contributed by atoms with Crippen LogP contribution in [0.1, 0.15) is 52.9 Å². The fourth-order valence-corrected chi connectivity index (χ4v) is 10.0. The normalized spacial score (nSPS) is 12.8. The molecule has 0 aliphatic heterocycles. The van der Waals surface area contributed by atoms with Crippen LogP contribution in [-0.2, 0) is 0 Å². The molecule has 1 unspecified atom stereocenters. The van der Waals surface area contributed by atoms with Crippen LogP contribution in [0.5, 0.6) is 0 Å². The Morgan fingerprint density at radius 1 is 0.586 bits per heavy atom. The molecule has 0 heterocycles. The summed E-state index contributed by atoms with van der Waals surface area (Å²) < 4.78 is 0. The molecule has 0 saturated carbocycles. The molecule has 1 heteroatoms. The first-order chi connectivity index (χ1) is 14.2. The Balaban J connectivity index is 2.19. The van der Waals surface area contributed by atoms with Crippen molar-refractivity contribution in [2.75, 3.05) is 0 Å². The first-order valence-corrected chi connectivity index (χ1v) is 13.1. The highest BCUT2D eigenvalue weighted by Gasteiger charge is 2.50. The molecule has 0 aliphatic rings. The maximum Gasteiger partial charge on any atom is 0.114 e. The Morgan fingerprint density at radius 3 is 1.24 bits per heavy atom. The number of benzene rings is 3. The van der Waals surface area contributed by atoms with Crippen LogP contribution < -0.4 is 15.9 Å². The standard InChI is InChI=1S/C28H36P/c1-4-15-25(16-5-2)23-24(3)29(26-17-9-6-10-18-26,27-19-11-7-12-20-27)28-21-13-8-14-22-28/h6-14,17-22,24-25H,4-5,15-16,23H2,1-3H3/q+1. The minimum absolute atomic E-state index is 0.609. The van der Waals surface area contributed by atoms with Gasteiger partial charge in [-0.05, 0) is 55.7 Å². The van der Waals surface area contributed by atoms with Gasteiger partial charge in [0.2, 0.25) is 0 Å². The highest BCUT2D eigenvalue weighted by atomic mass is 31.2. The third-order valence-electron chi connectivity index (χ3n) is 6.22. The van der Waals surface area contributed by atoms with E-state index in [1.807, 2.05) is 0 Å². The summed E-state index contributed by atoms with van der Waals surface area (Å²) in [5.41, 5.74) is 0.609. The largest absolute Gasteiger partial charge is 0.114 e. The zero-order chi connectivity index (χ0) is 20.5. The summed E-state index contributed by atoms with van der Waals surface area (Å²) in [5, 5.41) is 4.53. The molecule has 0 fully saturated rings. The molecule has 3 aromatic carbocycles. The molecule has 152 valence electrons. The Labute approximate surface area is 178 Å². The number of hydrogen-bond donors (Lipinski definition) is 0. The fraction of sp³-hybridized carbons (Fsp3) is 0.357. The van der Waals surface area contributed by atoms with E-state index in [1.165, 1.54) is 48.0 Å². The van der Waals surface area contributed by atoms with Crippen molar-refractivity contribution in [3.05, 3.63) is 91.0 Å². The molecule has 0 nitrogen and oxygen atoms in total. The summed E-state index contributed by atoms with van der Waals surface area (Å²) in [4.78, 5) is 0. The highest BCUT2D eigenvalue weighted by Crippen LogP contribution is 2.61. The highest BCUT2D eigenvalue weighted by molar-refractivity contribution is 7.96. The van der Waals surface area contributed by atoms with Gasteiger partial charge in [0.05, 0.1) is 5.66 Å². The van der Waals surface area contributed by atoms with Gasteiger partial charge in [0, 0.05) is 0 Å². The molecule has 29 heavy (non-hydrogen) atoms. The smallest absolute Gasteiger partial charge is 0.0654 e. The summed E-state index contributed by atoms with van der Waals surface area (Å²) in [5.74, 6) is 0.815. The Morgan fingerprint density at radius 2 is 0.931 bits per heavy atom.